The molecule has 2 N–H and O–H groups in total. The van der Waals surface area contributed by atoms with E-state index >= 15 is 0 Å². The molecule has 2 rings (SSSR count). The van der Waals surface area contributed by atoms with Gasteiger partial charge in [-0.25, -0.2) is 5.43 Å². The number of anilines is 1. The molecule has 0 heterocycles. The minimum absolute atomic E-state index is 0.431. The van der Waals surface area contributed by atoms with Gasteiger partial charge in [-0.05, 0) is 42.0 Å². The van der Waals surface area contributed by atoms with Crippen molar-refractivity contribution in [2.24, 2.45) is 5.10 Å². The van der Waals surface area contributed by atoms with Crippen LogP contribution in [0.3, 0.4) is 0 Å². The van der Waals surface area contributed by atoms with Crippen molar-refractivity contribution in [2.45, 2.75) is 0 Å². The van der Waals surface area contributed by atoms with Gasteiger partial charge in [0.1, 0.15) is 12.4 Å². The maximum absolute atomic E-state index is 11.7. The molecule has 0 saturated heterocycles. The second-order valence-corrected chi connectivity index (χ2v) is 4.69. The Morgan fingerprint density at radius 1 is 1.04 bits per heavy atom. The lowest BCUT2D eigenvalue weighted by Gasteiger charge is -2.03. The highest BCUT2D eigenvalue weighted by molar-refractivity contribution is 6.39. The molecule has 0 fully saturated rings. The SMILES string of the molecule is C=CCOc1ccc(/C=N/NC(=O)C(=O)Nc2ccccc2)cc1. The summed E-state index contributed by atoms with van der Waals surface area (Å²) in [5, 5.41) is 6.22. The molecular formula is C18H17N3O3. The third-order valence-electron chi connectivity index (χ3n) is 2.87. The number of nitrogens with zero attached hydrogens (tertiary/aromatic N) is 1. The van der Waals surface area contributed by atoms with E-state index in [0.717, 1.165) is 5.56 Å². The van der Waals surface area contributed by atoms with Crippen LogP contribution in [-0.2, 0) is 9.59 Å². The predicted molar refractivity (Wildman–Crippen MR) is 92.9 cm³/mol. The van der Waals surface area contributed by atoms with Crippen LogP contribution in [0.5, 0.6) is 5.75 Å². The summed E-state index contributed by atoms with van der Waals surface area (Å²) in [5.41, 5.74) is 3.47. The molecule has 6 nitrogen and oxygen atoms in total. The summed E-state index contributed by atoms with van der Waals surface area (Å²) in [5.74, 6) is -0.925. The molecule has 0 radical (unpaired) electrons. The van der Waals surface area contributed by atoms with Gasteiger partial charge < -0.3 is 10.1 Å². The number of nitrogens with one attached hydrogen (secondary N) is 2. The van der Waals surface area contributed by atoms with E-state index in [1.807, 2.05) is 6.07 Å². The minimum atomic E-state index is -0.846. The van der Waals surface area contributed by atoms with Crippen LogP contribution in [0.4, 0.5) is 5.69 Å². The molecular weight excluding hydrogens is 306 g/mol. The van der Waals surface area contributed by atoms with Gasteiger partial charge in [0.15, 0.2) is 0 Å². The van der Waals surface area contributed by atoms with Gasteiger partial charge in [0.2, 0.25) is 0 Å². The maximum atomic E-state index is 11.7. The fraction of sp³-hybridized carbons (Fsp3) is 0.0556. The average Bonchev–Trinajstić information content (AvgIpc) is 2.61. The third-order valence-corrected chi connectivity index (χ3v) is 2.87. The quantitative estimate of drug-likeness (QED) is 0.371. The first-order valence-corrected chi connectivity index (χ1v) is 7.22. The lowest BCUT2D eigenvalue weighted by Crippen LogP contribution is -2.32. The van der Waals surface area contributed by atoms with E-state index in [-0.39, 0.29) is 0 Å². The summed E-state index contributed by atoms with van der Waals surface area (Å²) in [6.07, 6.45) is 3.09. The molecule has 0 saturated carbocycles. The number of hydrazone groups is 1. The van der Waals surface area contributed by atoms with Crippen molar-refractivity contribution in [3.8, 4) is 5.75 Å². The zero-order chi connectivity index (χ0) is 17.2. The lowest BCUT2D eigenvalue weighted by atomic mass is 10.2. The van der Waals surface area contributed by atoms with Crippen molar-refractivity contribution in [3.05, 3.63) is 72.8 Å². The second kappa shape index (κ2) is 8.89. The molecule has 0 unspecified atom stereocenters. The average molecular weight is 323 g/mol. The van der Waals surface area contributed by atoms with E-state index in [4.69, 9.17) is 4.74 Å². The highest BCUT2D eigenvalue weighted by atomic mass is 16.5. The molecule has 0 atom stereocenters. The van der Waals surface area contributed by atoms with E-state index in [1.165, 1.54) is 6.21 Å². The Balaban J connectivity index is 1.83. The monoisotopic (exact) mass is 323 g/mol. The van der Waals surface area contributed by atoms with Crippen molar-refractivity contribution in [1.29, 1.82) is 0 Å². The summed E-state index contributed by atoms with van der Waals surface area (Å²) in [4.78, 5) is 23.3. The van der Waals surface area contributed by atoms with Crippen LogP contribution in [0.2, 0.25) is 0 Å². The van der Waals surface area contributed by atoms with E-state index in [1.54, 1.807) is 54.6 Å². The topological polar surface area (TPSA) is 79.8 Å². The van der Waals surface area contributed by atoms with Crippen molar-refractivity contribution in [2.75, 3.05) is 11.9 Å². The molecule has 0 aliphatic heterocycles. The molecule has 24 heavy (non-hydrogen) atoms. The zero-order valence-corrected chi connectivity index (χ0v) is 12.9. The number of hydrogen-bond donors (Lipinski definition) is 2. The molecule has 2 aromatic carbocycles. The minimum Gasteiger partial charge on any atom is -0.490 e. The van der Waals surface area contributed by atoms with Gasteiger partial charge >= 0.3 is 11.8 Å². The van der Waals surface area contributed by atoms with Gasteiger partial charge in [0.25, 0.3) is 0 Å². The molecule has 0 aliphatic carbocycles. The smallest absolute Gasteiger partial charge is 0.329 e. The summed E-state index contributed by atoms with van der Waals surface area (Å²) in [6, 6.07) is 15.8. The third kappa shape index (κ3) is 5.42. The number of hydrogen-bond acceptors (Lipinski definition) is 4. The number of carbonyl (C=O) groups is 2. The molecule has 0 spiro atoms. The number of para-hydroxylation sites is 1. The fourth-order valence-electron chi connectivity index (χ4n) is 1.73. The molecule has 2 aromatic rings. The van der Waals surface area contributed by atoms with Gasteiger partial charge in [-0.2, -0.15) is 5.10 Å². The van der Waals surface area contributed by atoms with Crippen molar-refractivity contribution >= 4 is 23.7 Å². The number of carbonyl (C=O) groups excluding carboxylic acids is 2. The van der Waals surface area contributed by atoms with Crippen molar-refractivity contribution in [1.82, 2.24) is 5.43 Å². The number of ether oxygens (including phenoxy) is 1. The summed E-state index contributed by atoms with van der Waals surface area (Å²) in [6.45, 7) is 4.00. The number of rotatable bonds is 6. The molecule has 0 aromatic heterocycles. The van der Waals surface area contributed by atoms with Crippen LogP contribution in [0.1, 0.15) is 5.56 Å². The Kier molecular flexibility index (Phi) is 6.28. The highest BCUT2D eigenvalue weighted by Gasteiger charge is 2.12. The van der Waals surface area contributed by atoms with Crippen LogP contribution in [0.25, 0.3) is 0 Å². The van der Waals surface area contributed by atoms with Crippen LogP contribution in [0.15, 0.2) is 72.4 Å². The zero-order valence-electron chi connectivity index (χ0n) is 12.9. The Morgan fingerprint density at radius 2 is 1.75 bits per heavy atom. The first-order valence-electron chi connectivity index (χ1n) is 7.22. The van der Waals surface area contributed by atoms with Gasteiger partial charge in [-0.1, -0.05) is 30.9 Å². The summed E-state index contributed by atoms with van der Waals surface area (Å²) < 4.78 is 5.36. The van der Waals surface area contributed by atoms with Gasteiger partial charge in [-0.3, -0.25) is 9.59 Å². The molecule has 122 valence electrons. The van der Waals surface area contributed by atoms with Crippen molar-refractivity contribution in [3.63, 3.8) is 0 Å². The van der Waals surface area contributed by atoms with Gasteiger partial charge in [-0.15, -0.1) is 0 Å². The number of amides is 2. The molecule has 0 aliphatic rings. The number of benzene rings is 2. The van der Waals surface area contributed by atoms with E-state index in [2.05, 4.69) is 22.4 Å². The van der Waals surface area contributed by atoms with Crippen LogP contribution in [-0.4, -0.2) is 24.6 Å². The Bertz CT molecular complexity index is 725. The first kappa shape index (κ1) is 17.0. The largest absolute Gasteiger partial charge is 0.490 e. The van der Waals surface area contributed by atoms with Crippen LogP contribution < -0.4 is 15.5 Å². The Morgan fingerprint density at radius 3 is 2.42 bits per heavy atom. The van der Waals surface area contributed by atoms with Crippen LogP contribution >= 0.6 is 0 Å². The van der Waals surface area contributed by atoms with Crippen LogP contribution in [0, 0.1) is 0 Å². The summed E-state index contributed by atoms with van der Waals surface area (Å²) in [7, 11) is 0. The summed E-state index contributed by atoms with van der Waals surface area (Å²) >= 11 is 0. The Labute approximate surface area is 139 Å². The van der Waals surface area contributed by atoms with E-state index in [9.17, 15) is 9.59 Å². The lowest BCUT2D eigenvalue weighted by molar-refractivity contribution is -0.136. The predicted octanol–water partition coefficient (Wildman–Crippen LogP) is 2.34. The van der Waals surface area contributed by atoms with Gasteiger partial charge in [0.05, 0.1) is 6.21 Å². The molecule has 6 heteroatoms. The Hall–Kier alpha value is -3.41. The second-order valence-electron chi connectivity index (χ2n) is 4.69. The van der Waals surface area contributed by atoms with Gasteiger partial charge in [0, 0.05) is 5.69 Å². The molecule has 2 amide bonds. The maximum Gasteiger partial charge on any atom is 0.329 e. The highest BCUT2D eigenvalue weighted by Crippen LogP contribution is 2.10. The van der Waals surface area contributed by atoms with Crippen molar-refractivity contribution < 1.29 is 14.3 Å². The first-order chi connectivity index (χ1) is 11.7. The normalized spacial score (nSPS) is 10.2. The van der Waals surface area contributed by atoms with E-state index in [0.29, 0.717) is 18.0 Å². The fourth-order valence-corrected chi connectivity index (χ4v) is 1.73. The molecule has 0 bridgehead atoms. The van der Waals surface area contributed by atoms with E-state index < -0.39 is 11.8 Å². The standard InChI is InChI=1S/C18H17N3O3/c1-2-12-24-16-10-8-14(9-11-16)13-19-21-18(23)17(22)20-15-6-4-3-5-7-15/h2-11,13H,1,12H2,(H,20,22)(H,21,23)/b19-13+.